The van der Waals surface area contributed by atoms with Crippen LogP contribution in [0.25, 0.3) is 0 Å². The Morgan fingerprint density at radius 2 is 2.28 bits per heavy atom. The van der Waals surface area contributed by atoms with Crippen LogP contribution in [0.2, 0.25) is 5.15 Å². The van der Waals surface area contributed by atoms with E-state index < -0.39 is 0 Å². The Kier molecular flexibility index (Phi) is 3.83. The molecule has 0 atom stereocenters. The minimum absolute atomic E-state index is 0.173. The van der Waals surface area contributed by atoms with Crippen LogP contribution in [-0.2, 0) is 6.42 Å². The third kappa shape index (κ3) is 3.24. The van der Waals surface area contributed by atoms with Gasteiger partial charge >= 0.3 is 0 Å². The highest BCUT2D eigenvalue weighted by Gasteiger charge is 2.08. The van der Waals surface area contributed by atoms with Crippen LogP contribution in [0.3, 0.4) is 0 Å². The molecule has 2 aromatic heterocycles. The maximum atomic E-state index is 11.7. The number of carbonyl (C=O) groups is 1. The summed E-state index contributed by atoms with van der Waals surface area (Å²) in [6.45, 7) is 2.09. The van der Waals surface area contributed by atoms with Gasteiger partial charge in [0.2, 0.25) is 5.89 Å². The summed E-state index contributed by atoms with van der Waals surface area (Å²) in [4.78, 5) is 23.3. The molecule has 2 aromatic rings. The molecule has 18 heavy (non-hydrogen) atoms. The fraction of sp³-hybridized carbons (Fsp3) is 0.300. The molecule has 0 radical (unpaired) electrons. The second kappa shape index (κ2) is 5.54. The van der Waals surface area contributed by atoms with Crippen molar-refractivity contribution >= 4 is 17.5 Å². The van der Waals surface area contributed by atoms with Gasteiger partial charge in [-0.15, -0.1) is 0 Å². The van der Waals surface area contributed by atoms with Crippen molar-refractivity contribution in [2.45, 2.75) is 13.3 Å². The Morgan fingerprint density at radius 1 is 1.44 bits per heavy atom. The lowest BCUT2D eigenvalue weighted by atomic mass is 10.3. The van der Waals surface area contributed by atoms with Crippen molar-refractivity contribution in [1.82, 2.24) is 25.4 Å². The summed E-state index contributed by atoms with van der Waals surface area (Å²) >= 11 is 5.64. The average molecular weight is 268 g/mol. The van der Waals surface area contributed by atoms with Crippen molar-refractivity contribution in [1.29, 1.82) is 0 Å². The zero-order chi connectivity index (χ0) is 13.0. The van der Waals surface area contributed by atoms with Gasteiger partial charge in [0.05, 0.1) is 12.4 Å². The van der Waals surface area contributed by atoms with E-state index in [1.807, 2.05) is 0 Å². The zero-order valence-electron chi connectivity index (χ0n) is 9.55. The van der Waals surface area contributed by atoms with Gasteiger partial charge in [-0.3, -0.25) is 9.78 Å². The van der Waals surface area contributed by atoms with Gasteiger partial charge < -0.3 is 9.84 Å². The summed E-state index contributed by atoms with van der Waals surface area (Å²) in [7, 11) is 0. The number of nitrogens with zero attached hydrogens (tertiary/aromatic N) is 4. The lowest BCUT2D eigenvalue weighted by Gasteiger charge is -2.02. The van der Waals surface area contributed by atoms with Gasteiger partial charge in [0.25, 0.3) is 5.91 Å². The number of rotatable bonds is 4. The van der Waals surface area contributed by atoms with Crippen LogP contribution in [0.15, 0.2) is 16.9 Å². The minimum Gasteiger partial charge on any atom is -0.350 e. The number of amides is 1. The average Bonchev–Trinajstić information content (AvgIpc) is 2.75. The summed E-state index contributed by atoms with van der Waals surface area (Å²) in [5, 5.41) is 6.55. The van der Waals surface area contributed by atoms with Crippen LogP contribution in [0.4, 0.5) is 0 Å². The van der Waals surface area contributed by atoms with Crippen molar-refractivity contribution in [3.8, 4) is 0 Å². The van der Waals surface area contributed by atoms with Gasteiger partial charge in [-0.1, -0.05) is 16.8 Å². The van der Waals surface area contributed by atoms with Crippen LogP contribution >= 0.6 is 11.6 Å². The molecule has 2 heterocycles. The fourth-order valence-corrected chi connectivity index (χ4v) is 1.42. The second-order valence-corrected chi connectivity index (χ2v) is 3.85. The molecule has 1 amide bonds. The zero-order valence-corrected chi connectivity index (χ0v) is 10.3. The third-order valence-electron chi connectivity index (χ3n) is 2.04. The molecule has 0 aromatic carbocycles. The summed E-state index contributed by atoms with van der Waals surface area (Å²) in [5.74, 6) is 0.701. The summed E-state index contributed by atoms with van der Waals surface area (Å²) < 4.78 is 4.81. The van der Waals surface area contributed by atoms with Gasteiger partial charge in [0.15, 0.2) is 5.82 Å². The Labute approximate surface area is 108 Å². The van der Waals surface area contributed by atoms with E-state index in [4.69, 9.17) is 16.1 Å². The first-order valence-electron chi connectivity index (χ1n) is 5.20. The molecule has 8 heteroatoms. The summed E-state index contributed by atoms with van der Waals surface area (Å²) in [5.41, 5.74) is 0.173. The van der Waals surface area contributed by atoms with Crippen molar-refractivity contribution < 1.29 is 9.32 Å². The highest BCUT2D eigenvalue weighted by molar-refractivity contribution is 6.29. The Morgan fingerprint density at radius 3 is 2.94 bits per heavy atom. The maximum Gasteiger partial charge on any atom is 0.271 e. The highest BCUT2D eigenvalue weighted by Crippen LogP contribution is 2.02. The molecule has 0 unspecified atom stereocenters. The quantitative estimate of drug-likeness (QED) is 0.880. The largest absolute Gasteiger partial charge is 0.350 e. The van der Waals surface area contributed by atoms with Crippen LogP contribution in [0.1, 0.15) is 22.2 Å². The number of hydrogen-bond donors (Lipinski definition) is 1. The smallest absolute Gasteiger partial charge is 0.271 e. The van der Waals surface area contributed by atoms with Crippen molar-refractivity contribution in [3.63, 3.8) is 0 Å². The highest BCUT2D eigenvalue weighted by atomic mass is 35.5. The molecule has 0 aliphatic heterocycles. The molecule has 7 nitrogen and oxygen atoms in total. The van der Waals surface area contributed by atoms with Crippen molar-refractivity contribution in [2.75, 3.05) is 6.54 Å². The first-order chi connectivity index (χ1) is 8.65. The molecule has 0 spiro atoms. The normalized spacial score (nSPS) is 10.3. The molecule has 0 saturated carbocycles. The molecule has 0 aliphatic rings. The molecule has 0 bridgehead atoms. The summed E-state index contributed by atoms with van der Waals surface area (Å²) in [6, 6.07) is 0. The molecule has 0 aliphatic carbocycles. The van der Waals surface area contributed by atoms with E-state index in [1.54, 1.807) is 6.92 Å². The van der Waals surface area contributed by atoms with E-state index in [0.29, 0.717) is 24.7 Å². The second-order valence-electron chi connectivity index (χ2n) is 3.46. The number of aryl methyl sites for hydroxylation is 1. The Bertz CT molecular complexity index is 557. The van der Waals surface area contributed by atoms with Gasteiger partial charge in [0.1, 0.15) is 10.8 Å². The van der Waals surface area contributed by atoms with E-state index in [0.717, 1.165) is 0 Å². The minimum atomic E-state index is -0.342. The molecule has 94 valence electrons. The Balaban J connectivity index is 1.85. The maximum absolute atomic E-state index is 11.7. The topological polar surface area (TPSA) is 93.8 Å². The standard InChI is InChI=1S/C10H10ClN5O2/c1-6-14-9(16-18-6)2-3-13-10(17)7-4-12-5-8(11)15-7/h4-5H,2-3H2,1H3,(H,13,17). The first-order valence-corrected chi connectivity index (χ1v) is 5.58. The molecular formula is C10H10ClN5O2. The molecule has 1 N–H and O–H groups in total. The fourth-order valence-electron chi connectivity index (χ4n) is 1.27. The van der Waals surface area contributed by atoms with Gasteiger partial charge in [-0.05, 0) is 0 Å². The van der Waals surface area contributed by atoms with Crippen LogP contribution < -0.4 is 5.32 Å². The SMILES string of the molecule is Cc1nc(CCNC(=O)c2cncc(Cl)n2)no1. The van der Waals surface area contributed by atoms with E-state index >= 15 is 0 Å². The monoisotopic (exact) mass is 267 g/mol. The number of aromatic nitrogens is 4. The van der Waals surface area contributed by atoms with Crippen molar-refractivity contribution in [3.05, 3.63) is 35.0 Å². The van der Waals surface area contributed by atoms with E-state index in [9.17, 15) is 4.79 Å². The molecule has 0 fully saturated rings. The predicted molar refractivity (Wildman–Crippen MR) is 62.1 cm³/mol. The van der Waals surface area contributed by atoms with E-state index in [2.05, 4.69) is 25.4 Å². The van der Waals surface area contributed by atoms with Crippen LogP contribution in [-0.4, -0.2) is 32.6 Å². The summed E-state index contributed by atoms with van der Waals surface area (Å²) in [6.07, 6.45) is 3.19. The van der Waals surface area contributed by atoms with Crippen molar-refractivity contribution in [2.24, 2.45) is 0 Å². The number of hydrogen-bond acceptors (Lipinski definition) is 6. The van der Waals surface area contributed by atoms with Crippen LogP contribution in [0, 0.1) is 6.92 Å². The number of halogens is 1. The predicted octanol–water partition coefficient (Wildman–Crippen LogP) is 0.794. The van der Waals surface area contributed by atoms with E-state index in [-0.39, 0.29) is 16.8 Å². The third-order valence-corrected chi connectivity index (χ3v) is 2.22. The number of nitrogens with one attached hydrogen (secondary N) is 1. The molecular weight excluding hydrogens is 258 g/mol. The van der Waals surface area contributed by atoms with Gasteiger partial charge in [0, 0.05) is 19.9 Å². The van der Waals surface area contributed by atoms with Gasteiger partial charge in [-0.25, -0.2) is 4.98 Å². The lowest BCUT2D eigenvalue weighted by Crippen LogP contribution is -2.27. The van der Waals surface area contributed by atoms with E-state index in [1.165, 1.54) is 12.4 Å². The van der Waals surface area contributed by atoms with Gasteiger partial charge in [-0.2, -0.15) is 4.98 Å². The van der Waals surface area contributed by atoms with Crippen LogP contribution in [0.5, 0.6) is 0 Å². The lowest BCUT2D eigenvalue weighted by molar-refractivity contribution is 0.0948. The Hall–Kier alpha value is -2.02. The molecule has 2 rings (SSSR count). The first kappa shape index (κ1) is 12.4. The number of carbonyl (C=O) groups excluding carboxylic acids is 1. The molecule has 0 saturated heterocycles.